The molecule has 1 aromatic carbocycles. The summed E-state index contributed by atoms with van der Waals surface area (Å²) in [5.74, 6) is -0.566. The predicted molar refractivity (Wildman–Crippen MR) is 64.4 cm³/mol. The lowest BCUT2D eigenvalue weighted by Gasteiger charge is -2.30. The predicted octanol–water partition coefficient (Wildman–Crippen LogP) is 1.65. The lowest BCUT2D eigenvalue weighted by atomic mass is 10.1. The van der Waals surface area contributed by atoms with Gasteiger partial charge in [0.2, 0.25) is 0 Å². The molecule has 0 spiro atoms. The van der Waals surface area contributed by atoms with Gasteiger partial charge in [0, 0.05) is 18.2 Å². The topological polar surface area (TPSA) is 32.3 Å². The van der Waals surface area contributed by atoms with E-state index >= 15 is 0 Å². The van der Waals surface area contributed by atoms with Crippen LogP contribution in [-0.2, 0) is 0 Å². The van der Waals surface area contributed by atoms with Crippen LogP contribution < -0.4 is 5.32 Å². The molecule has 0 unspecified atom stereocenters. The molecule has 0 aliphatic carbocycles. The Bertz CT molecular complexity index is 408. The number of nitrogens with one attached hydrogen (secondary N) is 1. The Morgan fingerprint density at radius 3 is 3.06 bits per heavy atom. The molecular weight excluding hydrogens is 219 g/mol. The van der Waals surface area contributed by atoms with Gasteiger partial charge in [-0.1, -0.05) is 6.07 Å². The van der Waals surface area contributed by atoms with Gasteiger partial charge in [0.1, 0.15) is 5.82 Å². The Hall–Kier alpha value is -1.42. The van der Waals surface area contributed by atoms with Gasteiger partial charge in [0.25, 0.3) is 5.91 Å². The highest BCUT2D eigenvalue weighted by Crippen LogP contribution is 2.09. The van der Waals surface area contributed by atoms with E-state index < -0.39 is 0 Å². The Labute approximate surface area is 101 Å². The molecule has 0 saturated carbocycles. The highest BCUT2D eigenvalue weighted by atomic mass is 19.1. The van der Waals surface area contributed by atoms with Gasteiger partial charge in [-0.15, -0.1) is 0 Å². The SMILES string of the molecule is CN1CCC[C@@H](NC(=O)c2cccc(F)c2)C1. The number of carbonyl (C=O) groups is 1. The summed E-state index contributed by atoms with van der Waals surface area (Å²) in [5.41, 5.74) is 0.387. The lowest BCUT2D eigenvalue weighted by Crippen LogP contribution is -2.46. The van der Waals surface area contributed by atoms with Crippen molar-refractivity contribution in [1.29, 1.82) is 0 Å². The molecule has 1 aromatic rings. The van der Waals surface area contributed by atoms with Gasteiger partial charge in [0.15, 0.2) is 0 Å². The smallest absolute Gasteiger partial charge is 0.251 e. The normalized spacial score (nSPS) is 21.2. The standard InChI is InChI=1S/C13H17FN2O/c1-16-7-3-6-12(9-16)15-13(17)10-4-2-5-11(14)8-10/h2,4-5,8,12H,3,6-7,9H2,1H3,(H,15,17)/t12-/m1/s1. The number of likely N-dealkylation sites (tertiary alicyclic amines) is 1. The second-order valence-electron chi connectivity index (χ2n) is 4.59. The summed E-state index contributed by atoms with van der Waals surface area (Å²) in [6.45, 7) is 1.94. The molecule has 4 heteroatoms. The van der Waals surface area contributed by atoms with Gasteiger partial charge in [-0.25, -0.2) is 4.39 Å². The van der Waals surface area contributed by atoms with E-state index in [0.717, 1.165) is 25.9 Å². The minimum absolute atomic E-state index is 0.171. The number of piperidine rings is 1. The summed E-state index contributed by atoms with van der Waals surface area (Å²) >= 11 is 0. The fraction of sp³-hybridized carbons (Fsp3) is 0.462. The number of halogens is 1. The van der Waals surface area contributed by atoms with Crippen LogP contribution >= 0.6 is 0 Å². The van der Waals surface area contributed by atoms with Crippen LogP contribution in [0.1, 0.15) is 23.2 Å². The minimum atomic E-state index is -0.376. The Kier molecular flexibility index (Phi) is 3.74. The van der Waals surface area contributed by atoms with Crippen molar-refractivity contribution < 1.29 is 9.18 Å². The third-order valence-corrected chi connectivity index (χ3v) is 3.05. The van der Waals surface area contributed by atoms with E-state index in [-0.39, 0.29) is 17.8 Å². The number of nitrogens with zero attached hydrogens (tertiary/aromatic N) is 1. The van der Waals surface area contributed by atoms with E-state index in [1.165, 1.54) is 12.1 Å². The Morgan fingerprint density at radius 2 is 2.35 bits per heavy atom. The highest BCUT2D eigenvalue weighted by molar-refractivity contribution is 5.94. The van der Waals surface area contributed by atoms with Crippen molar-refractivity contribution in [1.82, 2.24) is 10.2 Å². The zero-order valence-corrected chi connectivity index (χ0v) is 9.95. The van der Waals surface area contributed by atoms with Crippen LogP contribution in [0.5, 0.6) is 0 Å². The number of hydrogen-bond donors (Lipinski definition) is 1. The monoisotopic (exact) mass is 236 g/mol. The molecule has 1 aliphatic heterocycles. The number of amides is 1. The van der Waals surface area contributed by atoms with Crippen molar-refractivity contribution in [2.75, 3.05) is 20.1 Å². The van der Waals surface area contributed by atoms with Crippen LogP contribution in [0.3, 0.4) is 0 Å². The maximum absolute atomic E-state index is 13.0. The molecule has 17 heavy (non-hydrogen) atoms. The molecular formula is C13H17FN2O. The van der Waals surface area contributed by atoms with Crippen LogP contribution in [0, 0.1) is 5.82 Å². The molecule has 1 amide bonds. The first kappa shape index (κ1) is 12.0. The van der Waals surface area contributed by atoms with Gasteiger partial charge in [-0.2, -0.15) is 0 Å². The van der Waals surface area contributed by atoms with E-state index in [0.29, 0.717) is 5.56 Å². The van der Waals surface area contributed by atoms with Crippen molar-refractivity contribution in [3.05, 3.63) is 35.6 Å². The molecule has 2 rings (SSSR count). The zero-order valence-electron chi connectivity index (χ0n) is 9.95. The summed E-state index contributed by atoms with van der Waals surface area (Å²) in [7, 11) is 2.04. The van der Waals surface area contributed by atoms with Gasteiger partial charge in [-0.05, 0) is 44.6 Å². The molecule has 0 bridgehead atoms. The molecule has 92 valence electrons. The van der Waals surface area contributed by atoms with Gasteiger partial charge in [0.05, 0.1) is 0 Å². The number of benzene rings is 1. The molecule has 1 atom stereocenters. The first-order chi connectivity index (χ1) is 8.15. The highest BCUT2D eigenvalue weighted by Gasteiger charge is 2.19. The molecule has 0 radical (unpaired) electrons. The van der Waals surface area contributed by atoms with E-state index in [2.05, 4.69) is 10.2 Å². The molecule has 1 saturated heterocycles. The van der Waals surface area contributed by atoms with E-state index in [9.17, 15) is 9.18 Å². The summed E-state index contributed by atoms with van der Waals surface area (Å²) < 4.78 is 13.0. The quantitative estimate of drug-likeness (QED) is 0.846. The fourth-order valence-corrected chi connectivity index (χ4v) is 2.18. The number of likely N-dealkylation sites (N-methyl/N-ethyl adjacent to an activating group) is 1. The molecule has 1 heterocycles. The van der Waals surface area contributed by atoms with Gasteiger partial charge >= 0.3 is 0 Å². The average molecular weight is 236 g/mol. The van der Waals surface area contributed by atoms with Crippen LogP contribution in [-0.4, -0.2) is 37.0 Å². The molecule has 1 N–H and O–H groups in total. The van der Waals surface area contributed by atoms with Crippen molar-refractivity contribution >= 4 is 5.91 Å². The van der Waals surface area contributed by atoms with Gasteiger partial charge < -0.3 is 10.2 Å². The largest absolute Gasteiger partial charge is 0.348 e. The Morgan fingerprint density at radius 1 is 1.53 bits per heavy atom. The molecule has 1 aliphatic rings. The van der Waals surface area contributed by atoms with Gasteiger partial charge in [-0.3, -0.25) is 4.79 Å². The maximum atomic E-state index is 13.0. The Balaban J connectivity index is 1.97. The number of hydrogen-bond acceptors (Lipinski definition) is 2. The molecule has 0 aromatic heterocycles. The van der Waals surface area contributed by atoms with Crippen molar-refractivity contribution in [2.45, 2.75) is 18.9 Å². The number of carbonyl (C=O) groups excluding carboxylic acids is 1. The summed E-state index contributed by atoms with van der Waals surface area (Å²) in [6.07, 6.45) is 2.08. The fourth-order valence-electron chi connectivity index (χ4n) is 2.18. The number of rotatable bonds is 2. The van der Waals surface area contributed by atoms with Crippen LogP contribution in [0.2, 0.25) is 0 Å². The van der Waals surface area contributed by atoms with E-state index in [1.54, 1.807) is 12.1 Å². The first-order valence-corrected chi connectivity index (χ1v) is 5.90. The lowest BCUT2D eigenvalue weighted by molar-refractivity contribution is 0.0912. The molecule has 1 fully saturated rings. The van der Waals surface area contributed by atoms with Crippen LogP contribution in [0.25, 0.3) is 0 Å². The second-order valence-corrected chi connectivity index (χ2v) is 4.59. The minimum Gasteiger partial charge on any atom is -0.348 e. The van der Waals surface area contributed by atoms with Crippen molar-refractivity contribution in [3.8, 4) is 0 Å². The zero-order chi connectivity index (χ0) is 12.3. The second kappa shape index (κ2) is 5.27. The average Bonchev–Trinajstić information content (AvgIpc) is 2.29. The summed E-state index contributed by atoms with van der Waals surface area (Å²) in [6, 6.07) is 5.96. The third kappa shape index (κ3) is 3.27. The third-order valence-electron chi connectivity index (χ3n) is 3.05. The first-order valence-electron chi connectivity index (χ1n) is 5.90. The summed E-state index contributed by atoms with van der Waals surface area (Å²) in [4.78, 5) is 14.1. The summed E-state index contributed by atoms with van der Waals surface area (Å²) in [5, 5.41) is 2.95. The maximum Gasteiger partial charge on any atom is 0.251 e. The van der Waals surface area contributed by atoms with Crippen LogP contribution in [0.4, 0.5) is 4.39 Å². The van der Waals surface area contributed by atoms with Crippen molar-refractivity contribution in [3.63, 3.8) is 0 Å². The van der Waals surface area contributed by atoms with E-state index in [1.807, 2.05) is 7.05 Å². The van der Waals surface area contributed by atoms with Crippen LogP contribution in [0.15, 0.2) is 24.3 Å². The van der Waals surface area contributed by atoms with E-state index in [4.69, 9.17) is 0 Å². The van der Waals surface area contributed by atoms with Crippen molar-refractivity contribution in [2.24, 2.45) is 0 Å². The molecule has 3 nitrogen and oxygen atoms in total.